The highest BCUT2D eigenvalue weighted by atomic mass is 19.4. The topological polar surface area (TPSA) is 98.0 Å². The van der Waals surface area contributed by atoms with Gasteiger partial charge in [-0.3, -0.25) is 4.68 Å². The lowest BCUT2D eigenvalue weighted by Crippen LogP contribution is -2.23. The highest BCUT2D eigenvalue weighted by Gasteiger charge is 2.41. The Hall–Kier alpha value is -3.24. The van der Waals surface area contributed by atoms with Crippen LogP contribution < -0.4 is 0 Å². The summed E-state index contributed by atoms with van der Waals surface area (Å²) >= 11 is 0. The summed E-state index contributed by atoms with van der Waals surface area (Å²) in [4.78, 5) is 25.8. The van der Waals surface area contributed by atoms with Crippen LogP contribution in [0.3, 0.4) is 0 Å². The van der Waals surface area contributed by atoms with Gasteiger partial charge in [0, 0.05) is 36.0 Å². The molecule has 0 aliphatic carbocycles. The molecule has 0 aliphatic heterocycles. The van der Waals surface area contributed by atoms with Gasteiger partial charge >= 0.3 is 12.1 Å². The molecule has 0 radical (unpaired) electrons. The quantitative estimate of drug-likeness (QED) is 0.402. The van der Waals surface area contributed by atoms with Crippen LogP contribution in [-0.2, 0) is 9.63 Å². The van der Waals surface area contributed by atoms with Gasteiger partial charge in [-0.2, -0.15) is 18.3 Å². The van der Waals surface area contributed by atoms with E-state index in [4.69, 9.17) is 0 Å². The summed E-state index contributed by atoms with van der Waals surface area (Å²) in [6.45, 7) is 1.90. The third-order valence-electron chi connectivity index (χ3n) is 3.89. The first-order valence-electron chi connectivity index (χ1n) is 8.02. The van der Waals surface area contributed by atoms with Gasteiger partial charge < -0.3 is 9.82 Å². The average Bonchev–Trinajstić information content (AvgIpc) is 3.29. The zero-order chi connectivity index (χ0) is 19.4. The largest absolute Gasteiger partial charge is 0.493 e. The molecule has 3 aromatic heterocycles. The molecule has 3 heterocycles. The summed E-state index contributed by atoms with van der Waals surface area (Å²) < 4.78 is 37.8. The summed E-state index contributed by atoms with van der Waals surface area (Å²) in [6, 6.07) is 1.69. The average molecular weight is 380 g/mol. The van der Waals surface area contributed by atoms with E-state index in [1.165, 1.54) is 6.33 Å². The number of oxime groups is 1. The van der Waals surface area contributed by atoms with Gasteiger partial charge in [-0.15, -0.1) is 0 Å². The molecule has 3 rings (SSSR count). The maximum Gasteiger partial charge on any atom is 0.493 e. The summed E-state index contributed by atoms with van der Waals surface area (Å²) in [5, 5.41) is 8.25. The van der Waals surface area contributed by atoms with Crippen molar-refractivity contribution in [1.29, 1.82) is 0 Å². The molecule has 0 saturated heterocycles. The zero-order valence-electron chi connectivity index (χ0n) is 14.1. The van der Waals surface area contributed by atoms with E-state index < -0.39 is 12.1 Å². The van der Waals surface area contributed by atoms with Crippen LogP contribution in [0.15, 0.2) is 36.1 Å². The van der Waals surface area contributed by atoms with Crippen LogP contribution >= 0.6 is 0 Å². The molecule has 3 aromatic rings. The minimum absolute atomic E-state index is 0.171. The van der Waals surface area contributed by atoms with Gasteiger partial charge in [-0.25, -0.2) is 14.8 Å². The van der Waals surface area contributed by atoms with Crippen molar-refractivity contribution in [1.82, 2.24) is 24.7 Å². The Morgan fingerprint density at radius 3 is 3.00 bits per heavy atom. The molecule has 0 spiro atoms. The van der Waals surface area contributed by atoms with Gasteiger partial charge in [0.25, 0.3) is 0 Å². The Kier molecular flexibility index (Phi) is 5.19. The summed E-state index contributed by atoms with van der Waals surface area (Å²) in [6.07, 6.45) is 3.59. The first-order valence-corrected chi connectivity index (χ1v) is 8.02. The summed E-state index contributed by atoms with van der Waals surface area (Å²) in [7, 11) is 0. The number of hydrogen-bond donors (Lipinski definition) is 1. The Balaban J connectivity index is 1.70. The van der Waals surface area contributed by atoms with Gasteiger partial charge in [-0.05, 0) is 12.5 Å². The molecule has 1 unspecified atom stereocenters. The Morgan fingerprint density at radius 2 is 2.26 bits per heavy atom. The van der Waals surface area contributed by atoms with Crippen molar-refractivity contribution in [2.75, 3.05) is 0 Å². The van der Waals surface area contributed by atoms with Crippen LogP contribution in [-0.4, -0.2) is 43.1 Å². The third kappa shape index (κ3) is 4.13. The molecule has 142 valence electrons. The van der Waals surface area contributed by atoms with Gasteiger partial charge in [-0.1, -0.05) is 12.1 Å². The van der Waals surface area contributed by atoms with E-state index in [1.54, 1.807) is 23.3 Å². The minimum Gasteiger partial charge on any atom is -0.346 e. The lowest BCUT2D eigenvalue weighted by atomic mass is 10.1. The molecule has 0 saturated carbocycles. The monoisotopic (exact) mass is 380 g/mol. The van der Waals surface area contributed by atoms with E-state index in [9.17, 15) is 18.0 Å². The maximum atomic E-state index is 12.0. The number of nitrogens with zero attached hydrogens (tertiary/aromatic N) is 5. The van der Waals surface area contributed by atoms with E-state index in [1.807, 2.05) is 13.0 Å². The number of carbonyl (C=O) groups excluding carboxylic acids is 1. The van der Waals surface area contributed by atoms with Gasteiger partial charge in [0.1, 0.15) is 12.0 Å². The fourth-order valence-corrected chi connectivity index (χ4v) is 2.53. The van der Waals surface area contributed by atoms with Crippen molar-refractivity contribution in [3.63, 3.8) is 0 Å². The fraction of sp³-hybridized carbons (Fsp3) is 0.312. The molecule has 0 fully saturated rings. The number of hydrogen-bond acceptors (Lipinski definition) is 6. The molecule has 0 bridgehead atoms. The number of halogens is 3. The molecule has 8 nitrogen and oxygen atoms in total. The van der Waals surface area contributed by atoms with Crippen molar-refractivity contribution in [2.24, 2.45) is 5.16 Å². The number of fused-ring (bicyclic) bond motifs is 1. The van der Waals surface area contributed by atoms with Crippen molar-refractivity contribution in [3.05, 3.63) is 31.0 Å². The molecule has 0 aliphatic rings. The number of carbonyl (C=O) groups is 1. The van der Waals surface area contributed by atoms with Crippen molar-refractivity contribution in [2.45, 2.75) is 32.0 Å². The maximum absolute atomic E-state index is 12.0. The van der Waals surface area contributed by atoms with Crippen molar-refractivity contribution < 1.29 is 22.8 Å². The number of aromatic nitrogens is 5. The molecule has 0 aromatic carbocycles. The second kappa shape index (κ2) is 7.56. The van der Waals surface area contributed by atoms with E-state index >= 15 is 0 Å². The van der Waals surface area contributed by atoms with E-state index in [-0.39, 0.29) is 12.5 Å². The number of H-pyrrole nitrogens is 1. The van der Waals surface area contributed by atoms with Gasteiger partial charge in [0.05, 0.1) is 17.9 Å². The Labute approximate surface area is 151 Å². The fourth-order valence-electron chi connectivity index (χ4n) is 2.53. The Morgan fingerprint density at radius 1 is 1.44 bits per heavy atom. The molecular formula is C16H15F3N6O2. The number of aromatic amines is 1. The number of nitrogens with one attached hydrogen (secondary N) is 1. The molecular weight excluding hydrogens is 365 g/mol. The van der Waals surface area contributed by atoms with Gasteiger partial charge in [0.2, 0.25) is 0 Å². The molecule has 11 heteroatoms. The number of alkyl halides is 3. The lowest BCUT2D eigenvalue weighted by Gasteiger charge is -2.12. The lowest BCUT2D eigenvalue weighted by molar-refractivity contribution is -0.199. The van der Waals surface area contributed by atoms with E-state index in [0.29, 0.717) is 12.1 Å². The van der Waals surface area contributed by atoms with Crippen molar-refractivity contribution in [3.8, 4) is 11.3 Å². The minimum atomic E-state index is -5.07. The Bertz CT molecular complexity index is 962. The smallest absolute Gasteiger partial charge is 0.346 e. The van der Waals surface area contributed by atoms with Crippen LogP contribution in [0.2, 0.25) is 0 Å². The first kappa shape index (κ1) is 18.5. The van der Waals surface area contributed by atoms with Crippen LogP contribution in [0.4, 0.5) is 13.2 Å². The molecule has 1 N–H and O–H groups in total. The first-order chi connectivity index (χ1) is 12.9. The van der Waals surface area contributed by atoms with Crippen LogP contribution in [0.5, 0.6) is 0 Å². The third-order valence-corrected chi connectivity index (χ3v) is 3.89. The van der Waals surface area contributed by atoms with E-state index in [2.05, 4.69) is 30.0 Å². The van der Waals surface area contributed by atoms with Crippen molar-refractivity contribution >= 4 is 23.2 Å². The highest BCUT2D eigenvalue weighted by Crippen LogP contribution is 2.26. The second-order valence-electron chi connectivity index (χ2n) is 5.63. The standard InChI is InChI=1S/C16H15F3N6O2/c1-2-11(3-6-24-27-15(26)16(17,18)19)25-8-10(7-23-25)13-12-4-5-20-14(12)22-9-21-13/h4-9,11H,2-3H2,1H3,(H,20,21,22)/b24-6+. The highest BCUT2D eigenvalue weighted by molar-refractivity contribution is 5.90. The predicted octanol–water partition coefficient (Wildman–Crippen LogP) is 3.25. The molecule has 1 atom stereocenters. The predicted molar refractivity (Wildman–Crippen MR) is 89.7 cm³/mol. The van der Waals surface area contributed by atoms with Crippen LogP contribution in [0.1, 0.15) is 25.8 Å². The summed E-state index contributed by atoms with van der Waals surface area (Å²) in [5.74, 6) is -2.35. The SMILES string of the molecule is CCC(C/C=N/OC(=O)C(F)(F)F)n1cc(-c2ncnc3[nH]ccc23)cn1. The van der Waals surface area contributed by atoms with Gasteiger partial charge in [0.15, 0.2) is 0 Å². The molecule has 0 amide bonds. The summed E-state index contributed by atoms with van der Waals surface area (Å²) in [5.41, 5.74) is 2.20. The second-order valence-corrected chi connectivity index (χ2v) is 5.63. The zero-order valence-corrected chi connectivity index (χ0v) is 14.1. The van der Waals surface area contributed by atoms with E-state index in [0.717, 1.165) is 22.9 Å². The van der Waals surface area contributed by atoms with Crippen LogP contribution in [0.25, 0.3) is 22.3 Å². The normalized spacial score (nSPS) is 13.3. The molecule has 27 heavy (non-hydrogen) atoms. The number of rotatable bonds is 6. The van der Waals surface area contributed by atoms with Crippen LogP contribution in [0, 0.1) is 0 Å².